The molecule has 0 aromatic heterocycles. The van der Waals surface area contributed by atoms with E-state index in [4.69, 9.17) is 11.5 Å². The molecular weight excluding hydrogens is 256 g/mol. The van der Waals surface area contributed by atoms with Crippen molar-refractivity contribution in [3.63, 3.8) is 0 Å². The summed E-state index contributed by atoms with van der Waals surface area (Å²) in [6, 6.07) is 4.25. The maximum atomic E-state index is 11.6. The number of carboxylic acids is 1. The molecular formula is C15H18N2O3. The van der Waals surface area contributed by atoms with Gasteiger partial charge in [0, 0.05) is 18.7 Å². The topological polar surface area (TPSA) is 78.4 Å². The van der Waals surface area contributed by atoms with Gasteiger partial charge < -0.3 is 15.7 Å². The number of anilines is 1. The summed E-state index contributed by atoms with van der Waals surface area (Å²) in [5, 5.41) is 14.3. The lowest BCUT2D eigenvalue weighted by Crippen LogP contribution is -2.29. The van der Waals surface area contributed by atoms with Crippen LogP contribution in [0.4, 0.5) is 10.5 Å². The first-order valence-corrected chi connectivity index (χ1v) is 6.37. The molecule has 0 bridgehead atoms. The van der Waals surface area contributed by atoms with Crippen molar-refractivity contribution < 1.29 is 14.7 Å². The maximum Gasteiger partial charge on any atom is 0.335 e. The molecule has 0 aliphatic carbocycles. The van der Waals surface area contributed by atoms with Crippen molar-refractivity contribution in [2.24, 2.45) is 0 Å². The molecule has 1 aromatic carbocycles. The molecule has 20 heavy (non-hydrogen) atoms. The van der Waals surface area contributed by atoms with Crippen LogP contribution in [0.15, 0.2) is 18.2 Å². The van der Waals surface area contributed by atoms with Gasteiger partial charge >= 0.3 is 12.0 Å². The Hall–Kier alpha value is -2.48. The Morgan fingerprint density at radius 1 is 1.35 bits per heavy atom. The Balaban J connectivity index is 2.46. The monoisotopic (exact) mass is 274 g/mol. The number of carboxylic acid groups (broad SMARTS) is 1. The summed E-state index contributed by atoms with van der Waals surface area (Å²) in [6.07, 6.45) is 7.54. The standard InChI is InChI=1S/C15H18N2O3/c1-3-4-5-6-9-16-15(20)17-13-8-7-12(14(18)19)10-11(13)2/h1,7-8,10H,4-6,9H2,2H3,(H,18,19)(H2,16,17,20). The number of aromatic carboxylic acids is 1. The molecule has 0 aliphatic rings. The van der Waals surface area contributed by atoms with Crippen molar-refractivity contribution in [2.75, 3.05) is 11.9 Å². The van der Waals surface area contributed by atoms with Crippen LogP contribution < -0.4 is 10.6 Å². The average Bonchev–Trinajstić information content (AvgIpc) is 2.40. The van der Waals surface area contributed by atoms with Gasteiger partial charge in [-0.1, -0.05) is 0 Å². The number of rotatable bonds is 6. The predicted molar refractivity (Wildman–Crippen MR) is 77.8 cm³/mol. The predicted octanol–water partition coefficient (Wildman–Crippen LogP) is 2.62. The van der Waals surface area contributed by atoms with E-state index in [1.165, 1.54) is 12.1 Å². The summed E-state index contributed by atoms with van der Waals surface area (Å²) in [4.78, 5) is 22.4. The van der Waals surface area contributed by atoms with E-state index in [1.54, 1.807) is 13.0 Å². The van der Waals surface area contributed by atoms with Crippen LogP contribution in [0.2, 0.25) is 0 Å². The average molecular weight is 274 g/mol. The molecule has 3 N–H and O–H groups in total. The number of terminal acetylenes is 1. The second-order valence-corrected chi connectivity index (χ2v) is 4.38. The number of urea groups is 1. The molecule has 0 heterocycles. The van der Waals surface area contributed by atoms with Crippen molar-refractivity contribution in [1.82, 2.24) is 5.32 Å². The van der Waals surface area contributed by atoms with Crippen LogP contribution in [0.5, 0.6) is 0 Å². The summed E-state index contributed by atoms with van der Waals surface area (Å²) in [5.41, 5.74) is 1.49. The van der Waals surface area contributed by atoms with E-state index in [2.05, 4.69) is 16.6 Å². The van der Waals surface area contributed by atoms with E-state index >= 15 is 0 Å². The highest BCUT2D eigenvalue weighted by Gasteiger charge is 2.07. The number of amides is 2. The van der Waals surface area contributed by atoms with Crippen molar-refractivity contribution in [3.05, 3.63) is 29.3 Å². The summed E-state index contributed by atoms with van der Waals surface area (Å²) in [7, 11) is 0. The number of nitrogens with one attached hydrogen (secondary N) is 2. The molecule has 0 radical (unpaired) electrons. The summed E-state index contributed by atoms with van der Waals surface area (Å²) in [5.74, 6) is 1.55. The molecule has 1 rings (SSSR count). The lowest BCUT2D eigenvalue weighted by atomic mass is 10.1. The molecule has 1 aromatic rings. The zero-order valence-corrected chi connectivity index (χ0v) is 11.4. The van der Waals surface area contributed by atoms with Crippen LogP contribution in [0.25, 0.3) is 0 Å². The normalized spacial score (nSPS) is 9.60. The first kappa shape index (κ1) is 15.6. The zero-order valence-electron chi connectivity index (χ0n) is 11.4. The smallest absolute Gasteiger partial charge is 0.335 e. The summed E-state index contributed by atoms with van der Waals surface area (Å²) >= 11 is 0. The van der Waals surface area contributed by atoms with Gasteiger partial charge in [-0.2, -0.15) is 0 Å². The summed E-state index contributed by atoms with van der Waals surface area (Å²) in [6.45, 7) is 2.30. The van der Waals surface area contributed by atoms with Gasteiger partial charge in [-0.25, -0.2) is 9.59 Å². The van der Waals surface area contributed by atoms with Crippen molar-refractivity contribution in [2.45, 2.75) is 26.2 Å². The van der Waals surface area contributed by atoms with E-state index in [9.17, 15) is 9.59 Å². The molecule has 0 saturated heterocycles. The third-order valence-electron chi connectivity index (χ3n) is 2.76. The van der Waals surface area contributed by atoms with E-state index in [-0.39, 0.29) is 11.6 Å². The van der Waals surface area contributed by atoms with Gasteiger partial charge in [-0.15, -0.1) is 12.3 Å². The van der Waals surface area contributed by atoms with Gasteiger partial charge in [0.1, 0.15) is 0 Å². The second-order valence-electron chi connectivity index (χ2n) is 4.38. The van der Waals surface area contributed by atoms with Gasteiger partial charge in [0.25, 0.3) is 0 Å². The Morgan fingerprint density at radius 3 is 2.70 bits per heavy atom. The molecule has 0 atom stereocenters. The molecule has 0 spiro atoms. The number of benzene rings is 1. The largest absolute Gasteiger partial charge is 0.478 e. The van der Waals surface area contributed by atoms with Crippen molar-refractivity contribution in [3.8, 4) is 12.3 Å². The molecule has 0 fully saturated rings. The Kier molecular flexibility index (Phi) is 6.11. The molecule has 2 amide bonds. The highest BCUT2D eigenvalue weighted by atomic mass is 16.4. The van der Waals surface area contributed by atoms with Crippen LogP contribution >= 0.6 is 0 Å². The molecule has 0 aliphatic heterocycles. The van der Waals surface area contributed by atoms with Gasteiger partial charge in [0.05, 0.1) is 5.56 Å². The fraction of sp³-hybridized carbons (Fsp3) is 0.333. The minimum atomic E-state index is -0.988. The van der Waals surface area contributed by atoms with Crippen molar-refractivity contribution in [1.29, 1.82) is 0 Å². The molecule has 0 unspecified atom stereocenters. The van der Waals surface area contributed by atoms with E-state index in [0.717, 1.165) is 12.8 Å². The SMILES string of the molecule is C#CCCCCNC(=O)Nc1ccc(C(=O)O)cc1C. The molecule has 5 heteroatoms. The van der Waals surface area contributed by atoms with Gasteiger partial charge in [0.15, 0.2) is 0 Å². The Bertz CT molecular complexity index is 532. The first-order valence-electron chi connectivity index (χ1n) is 6.37. The van der Waals surface area contributed by atoms with Gasteiger partial charge in [-0.05, 0) is 43.5 Å². The van der Waals surface area contributed by atoms with Gasteiger partial charge in [0.2, 0.25) is 0 Å². The number of aryl methyl sites for hydroxylation is 1. The summed E-state index contributed by atoms with van der Waals surface area (Å²) < 4.78 is 0. The van der Waals surface area contributed by atoms with Crippen LogP contribution in [-0.4, -0.2) is 23.7 Å². The Morgan fingerprint density at radius 2 is 2.10 bits per heavy atom. The van der Waals surface area contributed by atoms with Crippen LogP contribution in [0.1, 0.15) is 35.2 Å². The quantitative estimate of drug-likeness (QED) is 0.551. The fourth-order valence-corrected chi connectivity index (χ4v) is 1.66. The maximum absolute atomic E-state index is 11.6. The van der Waals surface area contributed by atoms with E-state index < -0.39 is 5.97 Å². The highest BCUT2D eigenvalue weighted by Crippen LogP contribution is 2.16. The lowest BCUT2D eigenvalue weighted by Gasteiger charge is -2.10. The third kappa shape index (κ3) is 5.02. The number of carbonyl (C=O) groups is 2. The van der Waals surface area contributed by atoms with E-state index in [1.807, 2.05) is 0 Å². The van der Waals surface area contributed by atoms with Crippen LogP contribution in [0.3, 0.4) is 0 Å². The molecule has 106 valence electrons. The molecule has 5 nitrogen and oxygen atoms in total. The number of hydrogen-bond acceptors (Lipinski definition) is 2. The lowest BCUT2D eigenvalue weighted by molar-refractivity contribution is 0.0697. The minimum absolute atomic E-state index is 0.197. The van der Waals surface area contributed by atoms with Crippen LogP contribution in [-0.2, 0) is 0 Å². The fourth-order valence-electron chi connectivity index (χ4n) is 1.66. The number of carbonyl (C=O) groups excluding carboxylic acids is 1. The minimum Gasteiger partial charge on any atom is -0.478 e. The number of hydrogen-bond donors (Lipinski definition) is 3. The third-order valence-corrected chi connectivity index (χ3v) is 2.76. The van der Waals surface area contributed by atoms with Crippen LogP contribution in [0, 0.1) is 19.3 Å². The van der Waals surface area contributed by atoms with Crippen molar-refractivity contribution >= 4 is 17.7 Å². The zero-order chi connectivity index (χ0) is 15.0. The number of unbranched alkanes of at least 4 members (excludes halogenated alkanes) is 2. The van der Waals surface area contributed by atoms with E-state index in [0.29, 0.717) is 24.2 Å². The highest BCUT2D eigenvalue weighted by molar-refractivity contribution is 5.92. The first-order chi connectivity index (χ1) is 9.54. The van der Waals surface area contributed by atoms with Gasteiger partial charge in [-0.3, -0.25) is 0 Å². The Labute approximate surface area is 118 Å². The molecule has 0 saturated carbocycles. The second kappa shape index (κ2) is 7.85.